The van der Waals surface area contributed by atoms with Crippen LogP contribution in [0.4, 0.5) is 0 Å². The summed E-state index contributed by atoms with van der Waals surface area (Å²) in [6.45, 7) is 13.8. The first-order chi connectivity index (χ1) is 20.6. The number of carbonyl (C=O) groups is 2. The largest absolute Gasteiger partial charge is 0.493 e. The van der Waals surface area contributed by atoms with Crippen molar-refractivity contribution in [2.45, 2.75) is 71.9 Å². The van der Waals surface area contributed by atoms with Crippen molar-refractivity contribution in [1.29, 1.82) is 0 Å². The summed E-state index contributed by atoms with van der Waals surface area (Å²) in [6, 6.07) is 6.83. The van der Waals surface area contributed by atoms with E-state index in [9.17, 15) is 14.7 Å². The first-order valence-electron chi connectivity index (χ1n) is 16.1. The van der Waals surface area contributed by atoms with Crippen molar-refractivity contribution in [3.8, 4) is 5.75 Å². The van der Waals surface area contributed by atoms with Crippen LogP contribution in [0.1, 0.15) is 70.2 Å². The molecule has 5 N–H and O–H groups in total. The van der Waals surface area contributed by atoms with Crippen LogP contribution in [0.2, 0.25) is 0 Å². The highest BCUT2D eigenvalue weighted by Gasteiger charge is 2.28. The Labute approximate surface area is 264 Å². The molecule has 0 saturated carbocycles. The summed E-state index contributed by atoms with van der Waals surface area (Å²) in [6.07, 6.45) is 2.45. The predicted octanol–water partition coefficient (Wildman–Crippen LogP) is 3.79. The minimum atomic E-state index is -0.727. The van der Waals surface area contributed by atoms with E-state index in [0.717, 1.165) is 44.0 Å². The van der Waals surface area contributed by atoms with Crippen LogP contribution >= 0.6 is 11.8 Å². The van der Waals surface area contributed by atoms with Gasteiger partial charge in [-0.15, -0.1) is 0 Å². The van der Waals surface area contributed by atoms with E-state index in [2.05, 4.69) is 43.2 Å². The molecule has 0 unspecified atom stereocenters. The van der Waals surface area contributed by atoms with Gasteiger partial charge in [-0.25, -0.2) is 0 Å². The lowest BCUT2D eigenvalue weighted by molar-refractivity contribution is -0.122. The normalized spacial score (nSPS) is 17.0. The maximum Gasteiger partial charge on any atom is 0.255 e. The van der Waals surface area contributed by atoms with E-state index in [1.54, 1.807) is 13.2 Å². The Morgan fingerprint density at radius 3 is 2.35 bits per heavy atom. The zero-order chi connectivity index (χ0) is 31.6. The number of unbranched alkanes of at least 4 members (excludes halogenated alkanes) is 1. The monoisotopic (exact) mass is 622 g/mol. The molecule has 0 spiro atoms. The number of benzene rings is 1. The van der Waals surface area contributed by atoms with Crippen molar-refractivity contribution in [3.05, 3.63) is 29.8 Å². The Morgan fingerprint density at radius 1 is 1.00 bits per heavy atom. The molecule has 1 aromatic carbocycles. The van der Waals surface area contributed by atoms with E-state index >= 15 is 0 Å². The topological polar surface area (TPSA) is 126 Å². The van der Waals surface area contributed by atoms with E-state index in [4.69, 9.17) is 15.2 Å². The molecule has 1 aliphatic heterocycles. The van der Waals surface area contributed by atoms with Crippen LogP contribution < -0.4 is 21.1 Å². The van der Waals surface area contributed by atoms with Crippen molar-refractivity contribution < 1.29 is 24.2 Å². The third-order valence-electron chi connectivity index (χ3n) is 8.46. The van der Waals surface area contributed by atoms with Gasteiger partial charge in [0.15, 0.2) is 0 Å². The molecule has 43 heavy (non-hydrogen) atoms. The van der Waals surface area contributed by atoms with Gasteiger partial charge in [-0.3, -0.25) is 14.5 Å². The van der Waals surface area contributed by atoms with Crippen LogP contribution in [0, 0.1) is 23.7 Å². The van der Waals surface area contributed by atoms with Gasteiger partial charge in [0.25, 0.3) is 5.91 Å². The van der Waals surface area contributed by atoms with Gasteiger partial charge in [-0.1, -0.05) is 39.8 Å². The van der Waals surface area contributed by atoms with Crippen molar-refractivity contribution in [3.63, 3.8) is 0 Å². The van der Waals surface area contributed by atoms with E-state index in [0.29, 0.717) is 56.9 Å². The fraction of sp³-hybridized carbons (Fsp3) is 0.758. The molecule has 1 aromatic rings. The molecule has 0 radical (unpaired) electrons. The molecule has 2 amide bonds. The highest BCUT2D eigenvalue weighted by Crippen LogP contribution is 2.25. The van der Waals surface area contributed by atoms with Gasteiger partial charge in [0.2, 0.25) is 5.91 Å². The lowest BCUT2D eigenvalue weighted by atomic mass is 9.82. The predicted molar refractivity (Wildman–Crippen MR) is 177 cm³/mol. The van der Waals surface area contributed by atoms with Gasteiger partial charge < -0.3 is 30.9 Å². The quantitative estimate of drug-likeness (QED) is 0.153. The Hall–Kier alpha value is -1.85. The molecule has 0 bridgehead atoms. The van der Waals surface area contributed by atoms with Gasteiger partial charge in [-0.05, 0) is 61.5 Å². The molecule has 1 aliphatic rings. The van der Waals surface area contributed by atoms with E-state index in [-0.39, 0.29) is 35.5 Å². The second-order valence-electron chi connectivity index (χ2n) is 12.5. The molecule has 1 heterocycles. The van der Waals surface area contributed by atoms with Crippen LogP contribution in [0.15, 0.2) is 24.3 Å². The third-order valence-corrected chi connectivity index (χ3v) is 9.40. The van der Waals surface area contributed by atoms with Crippen molar-refractivity contribution in [1.82, 2.24) is 15.5 Å². The number of thioether (sulfide) groups is 1. The number of hydrogen-bond acceptors (Lipinski definition) is 8. The van der Waals surface area contributed by atoms with Crippen LogP contribution in [0.25, 0.3) is 0 Å². The zero-order valence-electron chi connectivity index (χ0n) is 27.2. The maximum absolute atomic E-state index is 13.1. The average Bonchev–Trinajstić information content (AvgIpc) is 2.99. The number of aliphatic hydroxyl groups excluding tert-OH is 1. The van der Waals surface area contributed by atoms with Gasteiger partial charge >= 0.3 is 0 Å². The minimum Gasteiger partial charge on any atom is -0.493 e. The van der Waals surface area contributed by atoms with Crippen molar-refractivity contribution >= 4 is 23.6 Å². The lowest BCUT2D eigenvalue weighted by Crippen LogP contribution is -2.42. The molecule has 1 saturated heterocycles. The number of hydrogen-bond donors (Lipinski definition) is 4. The summed E-state index contributed by atoms with van der Waals surface area (Å²) >= 11 is 1.98. The Balaban J connectivity index is 1.84. The summed E-state index contributed by atoms with van der Waals surface area (Å²) in [4.78, 5) is 28.2. The van der Waals surface area contributed by atoms with Gasteiger partial charge in [0, 0.05) is 70.4 Å². The van der Waals surface area contributed by atoms with Crippen molar-refractivity contribution in [2.24, 2.45) is 29.4 Å². The number of nitrogens with two attached hydrogens (primary N) is 1. The average molecular weight is 623 g/mol. The molecule has 4 atom stereocenters. The van der Waals surface area contributed by atoms with Crippen LogP contribution in [-0.4, -0.2) is 98.5 Å². The molecular formula is C33H58N4O5S. The maximum atomic E-state index is 13.1. The molecule has 10 heteroatoms. The zero-order valence-corrected chi connectivity index (χ0v) is 28.0. The number of nitrogens with zero attached hydrogens (tertiary/aromatic N) is 1. The lowest BCUT2D eigenvalue weighted by Gasteiger charge is -2.30. The molecule has 9 nitrogen and oxygen atoms in total. The molecule has 0 aromatic heterocycles. The molecule has 246 valence electrons. The van der Waals surface area contributed by atoms with Crippen LogP contribution in [0.3, 0.4) is 0 Å². The van der Waals surface area contributed by atoms with E-state index in [1.807, 2.05) is 30.0 Å². The summed E-state index contributed by atoms with van der Waals surface area (Å²) in [7, 11) is 1.68. The summed E-state index contributed by atoms with van der Waals surface area (Å²) in [5.41, 5.74) is 7.04. The number of methoxy groups -OCH3 is 1. The molecule has 0 aliphatic carbocycles. The Morgan fingerprint density at radius 2 is 1.67 bits per heavy atom. The third kappa shape index (κ3) is 14.7. The highest BCUT2D eigenvalue weighted by atomic mass is 32.2. The smallest absolute Gasteiger partial charge is 0.255 e. The van der Waals surface area contributed by atoms with E-state index < -0.39 is 12.1 Å². The fourth-order valence-corrected chi connectivity index (χ4v) is 6.27. The second kappa shape index (κ2) is 21.0. The number of rotatable bonds is 21. The number of carbonyl (C=O) groups excluding carboxylic acids is 2. The number of nitrogens with one attached hydrogen (secondary N) is 2. The Bertz CT molecular complexity index is 928. The molecule has 2 rings (SSSR count). The fourth-order valence-electron chi connectivity index (χ4n) is 5.29. The Kier molecular flexibility index (Phi) is 18.2. The second-order valence-corrected chi connectivity index (χ2v) is 13.7. The summed E-state index contributed by atoms with van der Waals surface area (Å²) in [5.74, 6) is 3.37. The summed E-state index contributed by atoms with van der Waals surface area (Å²) in [5, 5.41) is 17.2. The number of ether oxygens (including phenoxy) is 2. The first-order valence-corrected chi connectivity index (χ1v) is 17.3. The molecular weight excluding hydrogens is 564 g/mol. The van der Waals surface area contributed by atoms with Gasteiger partial charge in [0.1, 0.15) is 5.75 Å². The van der Waals surface area contributed by atoms with E-state index in [1.165, 1.54) is 0 Å². The van der Waals surface area contributed by atoms with Crippen LogP contribution in [0.5, 0.6) is 5.75 Å². The number of para-hydroxylation sites is 1. The first kappa shape index (κ1) is 37.3. The van der Waals surface area contributed by atoms with Gasteiger partial charge in [0.05, 0.1) is 18.3 Å². The minimum absolute atomic E-state index is 0.0351. The SMILES string of the molecule is COCCCCOc1ccccc1C(=O)NC[C@@H](C[C@H](N)[C@@H](O)C[C@@H](CC(=O)NCCN1CCSCC1)C(C)C)C(C)C. The summed E-state index contributed by atoms with van der Waals surface area (Å²) < 4.78 is 11.0. The number of amides is 2. The van der Waals surface area contributed by atoms with Crippen molar-refractivity contribution in [2.75, 3.05) is 64.6 Å². The van der Waals surface area contributed by atoms with Crippen LogP contribution in [-0.2, 0) is 9.53 Å². The van der Waals surface area contributed by atoms with Gasteiger partial charge in [-0.2, -0.15) is 11.8 Å². The standard InChI is InChI=1S/C33H58N4O5S/c1-24(2)26(22-32(39)35-12-13-37-14-18-43-19-15-37)21-30(38)29(34)20-27(25(3)4)23-36-33(40)28-10-6-7-11-31(28)42-17-9-8-16-41-5/h6-7,10-11,24-27,29-30,38H,8-9,12-23,34H2,1-5H3,(H,35,39)(H,36,40)/t26-,27+,29-,30-/m0/s1. The highest BCUT2D eigenvalue weighted by molar-refractivity contribution is 7.99. The molecule has 1 fully saturated rings. The number of aliphatic hydroxyl groups is 1.